The standard InChI is InChI=1S/C13H18N2O2S2/c1-9-6-7-10(13(14)18)8-12(9)15-19(16,17)11-4-2-3-5-11/h6-8,11,15H,2-5H2,1H3,(H2,14,18). The minimum atomic E-state index is -3.31. The molecule has 2 rings (SSSR count). The van der Waals surface area contributed by atoms with Crippen molar-refractivity contribution in [2.75, 3.05) is 4.72 Å². The molecule has 0 spiro atoms. The first-order chi connectivity index (χ1) is 8.90. The average Bonchev–Trinajstić information content (AvgIpc) is 2.85. The van der Waals surface area contributed by atoms with Crippen LogP contribution in [0.2, 0.25) is 0 Å². The summed E-state index contributed by atoms with van der Waals surface area (Å²) >= 11 is 4.91. The Balaban J connectivity index is 2.27. The van der Waals surface area contributed by atoms with E-state index >= 15 is 0 Å². The highest BCUT2D eigenvalue weighted by atomic mass is 32.2. The normalized spacial score (nSPS) is 16.5. The van der Waals surface area contributed by atoms with Crippen molar-refractivity contribution in [3.8, 4) is 0 Å². The van der Waals surface area contributed by atoms with Crippen LogP contribution in [0.15, 0.2) is 18.2 Å². The minimum absolute atomic E-state index is 0.265. The van der Waals surface area contributed by atoms with E-state index in [4.69, 9.17) is 18.0 Å². The highest BCUT2D eigenvalue weighted by Gasteiger charge is 2.28. The highest BCUT2D eigenvalue weighted by molar-refractivity contribution is 7.93. The number of thiocarbonyl (C=S) groups is 1. The van der Waals surface area contributed by atoms with Gasteiger partial charge in [-0.2, -0.15) is 0 Å². The molecule has 0 heterocycles. The maximum atomic E-state index is 12.3. The van der Waals surface area contributed by atoms with Crippen LogP contribution in [0.25, 0.3) is 0 Å². The van der Waals surface area contributed by atoms with Crippen molar-refractivity contribution in [3.05, 3.63) is 29.3 Å². The number of sulfonamides is 1. The lowest BCUT2D eigenvalue weighted by Gasteiger charge is -2.15. The predicted octanol–water partition coefficient (Wildman–Crippen LogP) is 2.31. The van der Waals surface area contributed by atoms with Crippen LogP contribution in [-0.4, -0.2) is 18.7 Å². The Morgan fingerprint density at radius 3 is 2.58 bits per heavy atom. The molecule has 0 radical (unpaired) electrons. The largest absolute Gasteiger partial charge is 0.389 e. The maximum absolute atomic E-state index is 12.3. The molecule has 0 unspecified atom stereocenters. The van der Waals surface area contributed by atoms with E-state index < -0.39 is 10.0 Å². The van der Waals surface area contributed by atoms with Crippen molar-refractivity contribution < 1.29 is 8.42 Å². The van der Waals surface area contributed by atoms with Gasteiger partial charge in [-0.05, 0) is 31.4 Å². The monoisotopic (exact) mass is 298 g/mol. The summed E-state index contributed by atoms with van der Waals surface area (Å²) in [5.41, 5.74) is 7.67. The fraction of sp³-hybridized carbons (Fsp3) is 0.462. The van der Waals surface area contributed by atoms with Crippen molar-refractivity contribution in [2.45, 2.75) is 37.9 Å². The SMILES string of the molecule is Cc1ccc(C(N)=S)cc1NS(=O)(=O)C1CCCC1. The van der Waals surface area contributed by atoms with Gasteiger partial charge in [0.05, 0.1) is 10.9 Å². The van der Waals surface area contributed by atoms with E-state index in [0.717, 1.165) is 31.2 Å². The zero-order valence-corrected chi connectivity index (χ0v) is 12.5. The molecule has 1 aromatic carbocycles. The fourth-order valence-corrected chi connectivity index (χ4v) is 4.09. The minimum Gasteiger partial charge on any atom is -0.389 e. The van der Waals surface area contributed by atoms with Crippen LogP contribution in [0, 0.1) is 6.92 Å². The molecule has 1 saturated carbocycles. The molecule has 0 atom stereocenters. The number of benzene rings is 1. The van der Waals surface area contributed by atoms with Crippen LogP contribution in [0.5, 0.6) is 0 Å². The van der Waals surface area contributed by atoms with E-state index in [9.17, 15) is 8.42 Å². The van der Waals surface area contributed by atoms with Crippen LogP contribution in [0.3, 0.4) is 0 Å². The summed E-state index contributed by atoms with van der Waals surface area (Å²) in [7, 11) is -3.31. The van der Waals surface area contributed by atoms with Gasteiger partial charge in [0.15, 0.2) is 0 Å². The van der Waals surface area contributed by atoms with Gasteiger partial charge in [0.2, 0.25) is 10.0 Å². The third-order valence-corrected chi connectivity index (χ3v) is 5.60. The Kier molecular flexibility index (Phi) is 4.10. The zero-order chi connectivity index (χ0) is 14.0. The quantitative estimate of drug-likeness (QED) is 0.837. The average molecular weight is 298 g/mol. The van der Waals surface area contributed by atoms with Gasteiger partial charge in [-0.25, -0.2) is 8.42 Å². The van der Waals surface area contributed by atoms with E-state index in [0.29, 0.717) is 11.3 Å². The van der Waals surface area contributed by atoms with Crippen LogP contribution in [0.4, 0.5) is 5.69 Å². The third-order valence-electron chi connectivity index (χ3n) is 3.52. The first kappa shape index (κ1) is 14.3. The summed E-state index contributed by atoms with van der Waals surface area (Å²) in [6.07, 6.45) is 3.45. The number of hydrogen-bond acceptors (Lipinski definition) is 3. The second kappa shape index (κ2) is 5.46. The van der Waals surface area contributed by atoms with Gasteiger partial charge in [0.1, 0.15) is 4.99 Å². The molecular weight excluding hydrogens is 280 g/mol. The van der Waals surface area contributed by atoms with Crippen molar-refractivity contribution in [2.24, 2.45) is 5.73 Å². The lowest BCUT2D eigenvalue weighted by atomic mass is 10.1. The predicted molar refractivity (Wildman–Crippen MR) is 81.9 cm³/mol. The van der Waals surface area contributed by atoms with Crippen LogP contribution in [0.1, 0.15) is 36.8 Å². The van der Waals surface area contributed by atoms with Crippen molar-refractivity contribution in [3.63, 3.8) is 0 Å². The molecule has 0 aliphatic heterocycles. The maximum Gasteiger partial charge on any atom is 0.235 e. The van der Waals surface area contributed by atoms with Gasteiger partial charge in [-0.1, -0.05) is 37.2 Å². The molecule has 1 aromatic rings. The van der Waals surface area contributed by atoms with E-state index in [1.54, 1.807) is 12.1 Å². The number of nitrogens with two attached hydrogens (primary N) is 1. The first-order valence-electron chi connectivity index (χ1n) is 6.32. The highest BCUT2D eigenvalue weighted by Crippen LogP contribution is 2.27. The van der Waals surface area contributed by atoms with E-state index in [2.05, 4.69) is 4.72 Å². The number of rotatable bonds is 4. The van der Waals surface area contributed by atoms with Crippen LogP contribution in [-0.2, 0) is 10.0 Å². The number of hydrogen-bond donors (Lipinski definition) is 2. The Labute approximate surface area is 119 Å². The first-order valence-corrected chi connectivity index (χ1v) is 8.28. The molecule has 1 fully saturated rings. The molecule has 1 aliphatic carbocycles. The summed E-state index contributed by atoms with van der Waals surface area (Å²) in [6, 6.07) is 5.32. The Morgan fingerprint density at radius 1 is 1.37 bits per heavy atom. The van der Waals surface area contributed by atoms with Gasteiger partial charge >= 0.3 is 0 Å². The topological polar surface area (TPSA) is 72.2 Å². The Morgan fingerprint density at radius 2 is 2.00 bits per heavy atom. The summed E-state index contributed by atoms with van der Waals surface area (Å²) < 4.78 is 27.2. The Hall–Kier alpha value is -1.14. The van der Waals surface area contributed by atoms with Crippen molar-refractivity contribution in [1.29, 1.82) is 0 Å². The van der Waals surface area contributed by atoms with Crippen molar-refractivity contribution in [1.82, 2.24) is 0 Å². The van der Waals surface area contributed by atoms with Gasteiger partial charge in [-0.15, -0.1) is 0 Å². The van der Waals surface area contributed by atoms with E-state index in [1.165, 1.54) is 0 Å². The van der Waals surface area contributed by atoms with Crippen molar-refractivity contribution >= 4 is 32.9 Å². The van der Waals surface area contributed by atoms with Gasteiger partial charge in [-0.3, -0.25) is 4.72 Å². The molecule has 0 saturated heterocycles. The Bertz CT molecular complexity index is 591. The molecule has 3 N–H and O–H groups in total. The van der Waals surface area contributed by atoms with Crippen LogP contribution < -0.4 is 10.5 Å². The lowest BCUT2D eigenvalue weighted by molar-refractivity contribution is 0.585. The van der Waals surface area contributed by atoms with E-state index in [-0.39, 0.29) is 10.2 Å². The molecule has 0 amide bonds. The summed E-state index contributed by atoms with van der Waals surface area (Å²) in [5, 5.41) is -0.277. The molecule has 104 valence electrons. The molecule has 0 aromatic heterocycles. The zero-order valence-electron chi connectivity index (χ0n) is 10.8. The summed E-state index contributed by atoms with van der Waals surface area (Å²) in [6.45, 7) is 1.86. The third kappa shape index (κ3) is 3.25. The van der Waals surface area contributed by atoms with Crippen LogP contribution >= 0.6 is 12.2 Å². The second-order valence-corrected chi connectivity index (χ2v) is 7.35. The van der Waals surface area contributed by atoms with Gasteiger partial charge in [0.25, 0.3) is 0 Å². The smallest absolute Gasteiger partial charge is 0.235 e. The second-order valence-electron chi connectivity index (χ2n) is 4.95. The fourth-order valence-electron chi connectivity index (χ4n) is 2.32. The molecule has 0 bridgehead atoms. The molecule has 4 nitrogen and oxygen atoms in total. The van der Waals surface area contributed by atoms with Gasteiger partial charge < -0.3 is 5.73 Å². The lowest BCUT2D eigenvalue weighted by Crippen LogP contribution is -2.25. The number of nitrogens with one attached hydrogen (secondary N) is 1. The van der Waals surface area contributed by atoms with E-state index in [1.807, 2.05) is 13.0 Å². The molecular formula is C13H18N2O2S2. The number of aryl methyl sites for hydroxylation is 1. The molecule has 19 heavy (non-hydrogen) atoms. The summed E-state index contributed by atoms with van der Waals surface area (Å²) in [4.78, 5) is 0.265. The van der Waals surface area contributed by atoms with Gasteiger partial charge in [0, 0.05) is 5.56 Å². The summed E-state index contributed by atoms with van der Waals surface area (Å²) in [5.74, 6) is 0. The molecule has 6 heteroatoms. The number of anilines is 1. The molecule has 1 aliphatic rings.